The van der Waals surface area contributed by atoms with E-state index in [9.17, 15) is 14.9 Å². The Morgan fingerprint density at radius 3 is 2.45 bits per heavy atom. The highest BCUT2D eigenvalue weighted by molar-refractivity contribution is 6.32. The number of furan rings is 1. The molecule has 0 saturated heterocycles. The lowest BCUT2D eigenvalue weighted by atomic mass is 10.1. The Hall–Kier alpha value is -3.90. The molecule has 0 aliphatic rings. The zero-order valence-corrected chi connectivity index (χ0v) is 17.1. The molecule has 0 fully saturated rings. The molecule has 0 spiro atoms. The van der Waals surface area contributed by atoms with Gasteiger partial charge < -0.3 is 9.15 Å². The minimum Gasteiger partial charge on any atom is -0.457 e. The van der Waals surface area contributed by atoms with Crippen LogP contribution in [0.1, 0.15) is 21.7 Å². The number of ether oxygens (including phenoxy) is 1. The van der Waals surface area contributed by atoms with Crippen molar-refractivity contribution in [3.05, 3.63) is 111 Å². The summed E-state index contributed by atoms with van der Waals surface area (Å²) >= 11 is 5.85. The zero-order valence-electron chi connectivity index (χ0n) is 16.4. The first-order valence-corrected chi connectivity index (χ1v) is 9.72. The van der Waals surface area contributed by atoms with Gasteiger partial charge in [0, 0.05) is 17.2 Å². The lowest BCUT2D eigenvalue weighted by Gasteiger charge is -2.08. The first-order valence-electron chi connectivity index (χ1n) is 9.35. The number of halogens is 1. The molecule has 0 N–H and O–H groups in total. The number of carbonyl (C=O) groups excluding carboxylic acids is 1. The second kappa shape index (κ2) is 8.45. The van der Waals surface area contributed by atoms with Crippen molar-refractivity contribution >= 4 is 23.1 Å². The summed E-state index contributed by atoms with van der Waals surface area (Å²) < 4.78 is 11.5. The van der Waals surface area contributed by atoms with E-state index < -0.39 is 4.92 Å². The molecular weight excluding hydrogens is 418 g/mol. The maximum atomic E-state index is 12.8. The highest BCUT2D eigenvalue weighted by atomic mass is 35.5. The largest absolute Gasteiger partial charge is 0.457 e. The van der Waals surface area contributed by atoms with Crippen LogP contribution in [0.2, 0.25) is 5.02 Å². The third kappa shape index (κ3) is 4.34. The second-order valence-electron chi connectivity index (χ2n) is 6.81. The van der Waals surface area contributed by atoms with Crippen LogP contribution in [0.15, 0.2) is 83.3 Å². The normalized spacial score (nSPS) is 10.6. The molecule has 0 radical (unpaired) electrons. The minimum absolute atomic E-state index is 0.0320. The van der Waals surface area contributed by atoms with Crippen LogP contribution in [0.5, 0.6) is 11.5 Å². The number of hydrogen-bond donors (Lipinski definition) is 0. The summed E-state index contributed by atoms with van der Waals surface area (Å²) in [5, 5.41) is 11.1. The maximum absolute atomic E-state index is 12.8. The number of rotatable bonds is 6. The Balaban J connectivity index is 1.53. The number of nitro groups is 1. The summed E-state index contributed by atoms with van der Waals surface area (Å²) in [5.74, 6) is 1.51. The Bertz CT molecular complexity index is 1280. The van der Waals surface area contributed by atoms with Gasteiger partial charge in [-0.25, -0.2) is 0 Å². The highest BCUT2D eigenvalue weighted by Gasteiger charge is 2.18. The van der Waals surface area contributed by atoms with Crippen molar-refractivity contribution in [3.8, 4) is 22.8 Å². The topological polar surface area (TPSA) is 82.6 Å². The third-order valence-electron chi connectivity index (χ3n) is 4.70. The van der Waals surface area contributed by atoms with Crippen LogP contribution in [0.3, 0.4) is 0 Å². The molecule has 1 aromatic heterocycles. The first-order chi connectivity index (χ1) is 14.9. The Morgan fingerprint density at radius 2 is 1.74 bits per heavy atom. The van der Waals surface area contributed by atoms with E-state index in [2.05, 4.69) is 0 Å². The van der Waals surface area contributed by atoms with Crippen LogP contribution >= 0.6 is 11.6 Å². The second-order valence-corrected chi connectivity index (χ2v) is 7.22. The van der Waals surface area contributed by atoms with Gasteiger partial charge in [0.25, 0.3) is 5.69 Å². The molecule has 0 atom stereocenters. The van der Waals surface area contributed by atoms with Crippen LogP contribution < -0.4 is 4.74 Å². The molecule has 0 unspecified atom stereocenters. The molecule has 0 aliphatic carbocycles. The number of para-hydroxylation sites is 1. The van der Waals surface area contributed by atoms with Crippen LogP contribution in [-0.2, 0) is 0 Å². The van der Waals surface area contributed by atoms with Crippen LogP contribution in [0.25, 0.3) is 11.3 Å². The molecule has 6 nitrogen and oxygen atoms in total. The molecule has 3 aromatic carbocycles. The van der Waals surface area contributed by atoms with Gasteiger partial charge >= 0.3 is 0 Å². The fraction of sp³-hybridized carbons (Fsp3) is 0.0417. The van der Waals surface area contributed by atoms with E-state index in [1.54, 1.807) is 36.4 Å². The predicted octanol–water partition coefficient (Wildman–Crippen LogP) is 6.84. The Kier molecular flexibility index (Phi) is 5.56. The molecule has 154 valence electrons. The summed E-state index contributed by atoms with van der Waals surface area (Å²) in [6.45, 7) is 1.96. The molecule has 0 aliphatic heterocycles. The van der Waals surface area contributed by atoms with E-state index in [-0.39, 0.29) is 22.3 Å². The van der Waals surface area contributed by atoms with Crippen molar-refractivity contribution in [3.63, 3.8) is 0 Å². The smallest absolute Gasteiger partial charge is 0.288 e. The van der Waals surface area contributed by atoms with Gasteiger partial charge in [-0.1, -0.05) is 29.8 Å². The van der Waals surface area contributed by atoms with Crippen LogP contribution in [0.4, 0.5) is 5.69 Å². The van der Waals surface area contributed by atoms with E-state index in [1.807, 2.05) is 31.2 Å². The van der Waals surface area contributed by atoms with Crippen molar-refractivity contribution < 1.29 is 18.9 Å². The number of benzene rings is 3. The molecule has 4 aromatic rings. The standard InChI is InChI=1S/C24H16ClNO5/c1-15-4-2-3-5-21(15)30-18-9-6-16(7-10-18)24(27)23-13-12-22(31-23)17-8-11-19(25)20(14-17)26(28)29/h2-14H,1H3. The summed E-state index contributed by atoms with van der Waals surface area (Å²) in [5.41, 5.74) is 1.66. The maximum Gasteiger partial charge on any atom is 0.288 e. The van der Waals surface area contributed by atoms with E-state index in [0.717, 1.165) is 11.3 Å². The molecule has 31 heavy (non-hydrogen) atoms. The number of carbonyl (C=O) groups is 1. The molecule has 7 heteroatoms. The number of hydrogen-bond acceptors (Lipinski definition) is 5. The molecular formula is C24H16ClNO5. The SMILES string of the molecule is Cc1ccccc1Oc1ccc(C(=O)c2ccc(-c3ccc(Cl)c([N+](=O)[O-])c3)o2)cc1. The summed E-state index contributed by atoms with van der Waals surface area (Å²) in [6.07, 6.45) is 0. The van der Waals surface area contributed by atoms with Crippen molar-refractivity contribution in [2.45, 2.75) is 6.92 Å². The molecule has 0 bridgehead atoms. The quantitative estimate of drug-likeness (QED) is 0.189. The van der Waals surface area contributed by atoms with Crippen molar-refractivity contribution in [2.75, 3.05) is 0 Å². The van der Waals surface area contributed by atoms with E-state index in [0.29, 0.717) is 22.6 Å². The van der Waals surface area contributed by atoms with Crippen molar-refractivity contribution in [1.82, 2.24) is 0 Å². The Labute approximate surface area is 182 Å². The third-order valence-corrected chi connectivity index (χ3v) is 5.01. The number of nitro benzene ring substituents is 1. The first kappa shape index (κ1) is 20.4. The highest BCUT2D eigenvalue weighted by Crippen LogP contribution is 2.32. The molecule has 1 heterocycles. The van der Waals surface area contributed by atoms with Gasteiger partial charge in [-0.05, 0) is 67.1 Å². The van der Waals surface area contributed by atoms with E-state index in [1.165, 1.54) is 18.2 Å². The van der Waals surface area contributed by atoms with Gasteiger partial charge in [0.05, 0.1) is 4.92 Å². The number of ketones is 1. The van der Waals surface area contributed by atoms with Gasteiger partial charge in [-0.2, -0.15) is 0 Å². The lowest BCUT2D eigenvalue weighted by molar-refractivity contribution is -0.384. The molecule has 0 amide bonds. The summed E-state index contributed by atoms with van der Waals surface area (Å²) in [7, 11) is 0. The lowest BCUT2D eigenvalue weighted by Crippen LogP contribution is -1.99. The fourth-order valence-electron chi connectivity index (χ4n) is 3.04. The Morgan fingerprint density at radius 1 is 1.00 bits per heavy atom. The number of nitrogens with zero attached hydrogens (tertiary/aromatic N) is 1. The van der Waals surface area contributed by atoms with Gasteiger partial charge in [-0.3, -0.25) is 14.9 Å². The fourth-order valence-corrected chi connectivity index (χ4v) is 3.22. The van der Waals surface area contributed by atoms with Gasteiger partial charge in [0.15, 0.2) is 5.76 Å². The predicted molar refractivity (Wildman–Crippen MR) is 117 cm³/mol. The van der Waals surface area contributed by atoms with E-state index in [4.69, 9.17) is 20.8 Å². The average molecular weight is 434 g/mol. The van der Waals surface area contributed by atoms with Gasteiger partial charge in [-0.15, -0.1) is 0 Å². The van der Waals surface area contributed by atoms with Crippen LogP contribution in [-0.4, -0.2) is 10.7 Å². The van der Waals surface area contributed by atoms with Gasteiger partial charge in [0.2, 0.25) is 5.78 Å². The van der Waals surface area contributed by atoms with E-state index >= 15 is 0 Å². The molecule has 0 saturated carbocycles. The van der Waals surface area contributed by atoms with Crippen molar-refractivity contribution in [1.29, 1.82) is 0 Å². The van der Waals surface area contributed by atoms with Crippen LogP contribution in [0, 0.1) is 17.0 Å². The minimum atomic E-state index is -0.568. The monoisotopic (exact) mass is 433 g/mol. The molecule has 4 rings (SSSR count). The average Bonchev–Trinajstić information content (AvgIpc) is 3.26. The zero-order chi connectivity index (χ0) is 22.0. The summed E-state index contributed by atoms with van der Waals surface area (Å²) in [4.78, 5) is 23.3. The van der Waals surface area contributed by atoms with Gasteiger partial charge in [0.1, 0.15) is 22.3 Å². The van der Waals surface area contributed by atoms with Crippen molar-refractivity contribution in [2.24, 2.45) is 0 Å². The number of aryl methyl sites for hydroxylation is 1. The summed E-state index contributed by atoms with van der Waals surface area (Å²) in [6, 6.07) is 21.9.